The molecule has 1 fully saturated rings. The first-order chi connectivity index (χ1) is 13.2. The van der Waals surface area contributed by atoms with Gasteiger partial charge in [0, 0.05) is 36.9 Å². The smallest absolute Gasteiger partial charge is 0.129 e. The number of piperidine rings is 1. The molecular formula is C22H27N5. The van der Waals surface area contributed by atoms with Crippen molar-refractivity contribution in [2.75, 3.05) is 25.5 Å². The van der Waals surface area contributed by atoms with E-state index in [1.54, 1.807) is 0 Å². The lowest BCUT2D eigenvalue weighted by Gasteiger charge is -2.32. The van der Waals surface area contributed by atoms with Crippen LogP contribution < -0.4 is 5.32 Å². The summed E-state index contributed by atoms with van der Waals surface area (Å²) in [5, 5.41) is 4.41. The van der Waals surface area contributed by atoms with E-state index in [2.05, 4.69) is 61.6 Å². The van der Waals surface area contributed by atoms with Crippen LogP contribution in [0.3, 0.4) is 0 Å². The highest BCUT2D eigenvalue weighted by Crippen LogP contribution is 2.25. The molecule has 1 aromatic carbocycles. The fourth-order valence-corrected chi connectivity index (χ4v) is 4.04. The second-order valence-corrected chi connectivity index (χ2v) is 7.45. The highest BCUT2D eigenvalue weighted by atomic mass is 15.1. The summed E-state index contributed by atoms with van der Waals surface area (Å²) >= 11 is 0. The predicted molar refractivity (Wildman–Crippen MR) is 110 cm³/mol. The molecule has 0 aliphatic carbocycles. The Balaban J connectivity index is 1.37. The number of aryl methyl sites for hydroxylation is 1. The van der Waals surface area contributed by atoms with Gasteiger partial charge in [-0.1, -0.05) is 18.2 Å². The minimum Gasteiger partial charge on any atom is -0.373 e. The summed E-state index contributed by atoms with van der Waals surface area (Å²) in [7, 11) is 1.91. The van der Waals surface area contributed by atoms with E-state index < -0.39 is 0 Å². The maximum absolute atomic E-state index is 4.63. The number of hydrogen-bond acceptors (Lipinski definition) is 5. The second-order valence-electron chi connectivity index (χ2n) is 7.45. The second kappa shape index (κ2) is 8.01. The summed E-state index contributed by atoms with van der Waals surface area (Å²) in [6.07, 6.45) is 5.42. The summed E-state index contributed by atoms with van der Waals surface area (Å²) in [5.41, 5.74) is 3.62. The quantitative estimate of drug-likeness (QED) is 0.748. The van der Waals surface area contributed by atoms with Crippen LogP contribution in [0.25, 0.3) is 10.9 Å². The van der Waals surface area contributed by atoms with Crippen LogP contribution in [0.15, 0.2) is 42.6 Å². The topological polar surface area (TPSA) is 53.9 Å². The lowest BCUT2D eigenvalue weighted by Crippen LogP contribution is -2.34. The molecule has 140 valence electrons. The highest BCUT2D eigenvalue weighted by Gasteiger charge is 2.21. The molecule has 0 spiro atoms. The molecule has 1 saturated heterocycles. The molecule has 5 heteroatoms. The van der Waals surface area contributed by atoms with Crippen molar-refractivity contribution in [1.82, 2.24) is 19.9 Å². The number of benzene rings is 1. The van der Waals surface area contributed by atoms with E-state index in [0.29, 0.717) is 5.92 Å². The van der Waals surface area contributed by atoms with Crippen molar-refractivity contribution in [1.29, 1.82) is 0 Å². The predicted octanol–water partition coefficient (Wildman–Crippen LogP) is 3.83. The number of anilines is 1. The molecule has 0 amide bonds. The summed E-state index contributed by atoms with van der Waals surface area (Å²) in [5.74, 6) is 2.47. The molecule has 0 atom stereocenters. The number of aromatic nitrogens is 3. The largest absolute Gasteiger partial charge is 0.373 e. The molecule has 4 rings (SSSR count). The molecule has 2 aromatic heterocycles. The lowest BCUT2D eigenvalue weighted by molar-refractivity contribution is 0.177. The van der Waals surface area contributed by atoms with Crippen LogP contribution >= 0.6 is 0 Å². The molecule has 27 heavy (non-hydrogen) atoms. The van der Waals surface area contributed by atoms with Crippen molar-refractivity contribution in [3.63, 3.8) is 0 Å². The minimum absolute atomic E-state index is 0.703. The summed E-state index contributed by atoms with van der Waals surface area (Å²) in [6.45, 7) is 5.26. The van der Waals surface area contributed by atoms with Crippen molar-refractivity contribution < 1.29 is 0 Å². The molecule has 1 N–H and O–H groups in total. The molecule has 0 bridgehead atoms. The summed E-state index contributed by atoms with van der Waals surface area (Å²) in [4.78, 5) is 16.1. The molecule has 3 aromatic rings. The Labute approximate surface area is 160 Å². The Morgan fingerprint density at radius 1 is 1.11 bits per heavy atom. The van der Waals surface area contributed by atoms with Gasteiger partial charge in [-0.25, -0.2) is 9.97 Å². The SMILES string of the molecule is CNc1cc(CC2CCN(Cc3ccnc4ccccc34)CC2)nc(C)n1. The van der Waals surface area contributed by atoms with Crippen LogP contribution in [0.5, 0.6) is 0 Å². The third-order valence-electron chi connectivity index (χ3n) is 5.49. The number of nitrogens with zero attached hydrogens (tertiary/aromatic N) is 4. The van der Waals surface area contributed by atoms with E-state index in [-0.39, 0.29) is 0 Å². The molecule has 3 heterocycles. The van der Waals surface area contributed by atoms with Crippen LogP contribution in [0.1, 0.15) is 29.9 Å². The molecule has 0 radical (unpaired) electrons. The molecular weight excluding hydrogens is 334 g/mol. The van der Waals surface area contributed by atoms with Crippen molar-refractivity contribution in [3.05, 3.63) is 59.7 Å². The van der Waals surface area contributed by atoms with E-state index in [1.807, 2.05) is 20.2 Å². The van der Waals surface area contributed by atoms with Crippen molar-refractivity contribution in [2.45, 2.75) is 32.7 Å². The van der Waals surface area contributed by atoms with Gasteiger partial charge in [-0.15, -0.1) is 0 Å². The monoisotopic (exact) mass is 361 g/mol. The van der Waals surface area contributed by atoms with Gasteiger partial charge >= 0.3 is 0 Å². The fourth-order valence-electron chi connectivity index (χ4n) is 4.04. The zero-order chi connectivity index (χ0) is 18.6. The van der Waals surface area contributed by atoms with E-state index >= 15 is 0 Å². The van der Waals surface area contributed by atoms with E-state index in [1.165, 1.54) is 23.8 Å². The third-order valence-corrected chi connectivity index (χ3v) is 5.49. The zero-order valence-corrected chi connectivity index (χ0v) is 16.2. The average Bonchev–Trinajstić information content (AvgIpc) is 2.69. The van der Waals surface area contributed by atoms with Gasteiger partial charge in [0.2, 0.25) is 0 Å². The lowest BCUT2D eigenvalue weighted by atomic mass is 9.91. The third kappa shape index (κ3) is 4.25. The van der Waals surface area contributed by atoms with Crippen molar-refractivity contribution in [3.8, 4) is 0 Å². The number of nitrogens with one attached hydrogen (secondary N) is 1. The van der Waals surface area contributed by atoms with Crippen LogP contribution in [0.2, 0.25) is 0 Å². The maximum atomic E-state index is 4.63. The number of fused-ring (bicyclic) bond motifs is 1. The number of para-hydroxylation sites is 1. The maximum Gasteiger partial charge on any atom is 0.129 e. The van der Waals surface area contributed by atoms with Crippen LogP contribution in [0, 0.1) is 12.8 Å². The molecule has 0 saturated carbocycles. The Bertz CT molecular complexity index is 910. The van der Waals surface area contributed by atoms with Crippen LogP contribution in [-0.4, -0.2) is 40.0 Å². The first-order valence-electron chi connectivity index (χ1n) is 9.78. The Kier molecular flexibility index (Phi) is 5.30. The van der Waals surface area contributed by atoms with Crippen molar-refractivity contribution in [2.24, 2.45) is 5.92 Å². The highest BCUT2D eigenvalue weighted by molar-refractivity contribution is 5.81. The number of rotatable bonds is 5. The Morgan fingerprint density at radius 2 is 1.93 bits per heavy atom. The molecule has 1 aliphatic rings. The summed E-state index contributed by atoms with van der Waals surface area (Å²) < 4.78 is 0. The van der Waals surface area contributed by atoms with E-state index in [0.717, 1.165) is 48.9 Å². The Hall–Kier alpha value is -2.53. The molecule has 0 unspecified atom stereocenters. The van der Waals surface area contributed by atoms with Gasteiger partial charge in [0.15, 0.2) is 0 Å². The van der Waals surface area contributed by atoms with Gasteiger partial charge in [0.05, 0.1) is 5.52 Å². The number of hydrogen-bond donors (Lipinski definition) is 1. The van der Waals surface area contributed by atoms with Gasteiger partial charge in [0.25, 0.3) is 0 Å². The average molecular weight is 361 g/mol. The van der Waals surface area contributed by atoms with Gasteiger partial charge in [0.1, 0.15) is 11.6 Å². The van der Waals surface area contributed by atoms with Crippen LogP contribution in [0.4, 0.5) is 5.82 Å². The normalized spacial score (nSPS) is 15.9. The van der Waals surface area contributed by atoms with Crippen molar-refractivity contribution >= 4 is 16.7 Å². The van der Waals surface area contributed by atoms with E-state index in [4.69, 9.17) is 0 Å². The fraction of sp³-hybridized carbons (Fsp3) is 0.409. The van der Waals surface area contributed by atoms with E-state index in [9.17, 15) is 0 Å². The number of likely N-dealkylation sites (tertiary alicyclic amines) is 1. The van der Waals surface area contributed by atoms with Gasteiger partial charge in [-0.3, -0.25) is 9.88 Å². The number of pyridine rings is 1. The first-order valence-corrected chi connectivity index (χ1v) is 9.78. The molecule has 5 nitrogen and oxygen atoms in total. The minimum atomic E-state index is 0.703. The molecule has 1 aliphatic heterocycles. The van der Waals surface area contributed by atoms with Gasteiger partial charge < -0.3 is 5.32 Å². The standard InChI is InChI=1S/C22H27N5/c1-16-25-19(14-22(23-2)26-16)13-17-8-11-27(12-9-17)15-18-7-10-24-21-6-4-3-5-20(18)21/h3-7,10,14,17H,8-9,11-13,15H2,1-2H3,(H,23,25,26). The first kappa shape index (κ1) is 17.9. The summed E-state index contributed by atoms with van der Waals surface area (Å²) in [6, 6.07) is 12.7. The van der Waals surface area contributed by atoms with Gasteiger partial charge in [-0.2, -0.15) is 0 Å². The van der Waals surface area contributed by atoms with Crippen LogP contribution in [-0.2, 0) is 13.0 Å². The Morgan fingerprint density at radius 3 is 2.74 bits per heavy atom. The van der Waals surface area contributed by atoms with Gasteiger partial charge in [-0.05, 0) is 62.9 Å². The zero-order valence-electron chi connectivity index (χ0n) is 16.2.